The maximum Gasteiger partial charge on any atom is 0.258 e. The second-order valence-electron chi connectivity index (χ2n) is 4.93. The lowest BCUT2D eigenvalue weighted by atomic mass is 10.3. The Bertz CT molecular complexity index is 954. The van der Waals surface area contributed by atoms with Crippen LogP contribution in [0.25, 0.3) is 5.65 Å². The van der Waals surface area contributed by atoms with Crippen molar-refractivity contribution in [2.75, 3.05) is 0 Å². The summed E-state index contributed by atoms with van der Waals surface area (Å²) in [5, 5.41) is 1.03. The van der Waals surface area contributed by atoms with Crippen molar-refractivity contribution in [3.05, 3.63) is 73.2 Å². The van der Waals surface area contributed by atoms with Crippen LogP contribution in [0, 0.1) is 6.92 Å². The van der Waals surface area contributed by atoms with E-state index in [1.54, 1.807) is 6.07 Å². The van der Waals surface area contributed by atoms with Gasteiger partial charge in [0.05, 0.1) is 20.8 Å². The molecule has 2 aromatic heterocycles. The van der Waals surface area contributed by atoms with E-state index in [1.807, 2.05) is 19.1 Å². The number of ether oxygens (including phenoxy) is 1. The lowest BCUT2D eigenvalue weighted by Crippen LogP contribution is -2.18. The van der Waals surface area contributed by atoms with Crippen LogP contribution in [0.15, 0.2) is 41.2 Å². The Labute approximate surface area is 147 Å². The van der Waals surface area contributed by atoms with Crippen molar-refractivity contribution in [1.82, 2.24) is 9.38 Å². The minimum absolute atomic E-state index is 0.0946. The molecule has 7 heteroatoms. The van der Waals surface area contributed by atoms with Gasteiger partial charge in [0.25, 0.3) is 5.56 Å². The summed E-state index contributed by atoms with van der Waals surface area (Å²) in [6.45, 7) is 1.94. The van der Waals surface area contributed by atoms with Crippen LogP contribution in [-0.4, -0.2) is 9.38 Å². The van der Waals surface area contributed by atoms with Gasteiger partial charge in [0.1, 0.15) is 18.0 Å². The van der Waals surface area contributed by atoms with Gasteiger partial charge in [0.2, 0.25) is 0 Å². The van der Waals surface area contributed by atoms with Gasteiger partial charge in [0, 0.05) is 17.8 Å². The van der Waals surface area contributed by atoms with E-state index in [0.29, 0.717) is 32.2 Å². The zero-order valence-electron chi connectivity index (χ0n) is 12.0. The maximum absolute atomic E-state index is 12.2. The molecule has 0 fully saturated rings. The standard InChI is InChI=1S/C16H11Cl3N2O2/c1-9-3-2-4-15-20-10(5-16(22)21(9)15)8-23-14-7-12(18)11(17)6-13(14)19/h2-7H,8H2,1H3. The smallest absolute Gasteiger partial charge is 0.258 e. The molecule has 118 valence electrons. The van der Waals surface area contributed by atoms with Crippen molar-refractivity contribution in [2.24, 2.45) is 0 Å². The molecular formula is C16H11Cl3N2O2. The minimum atomic E-state index is -0.160. The van der Waals surface area contributed by atoms with Crippen LogP contribution >= 0.6 is 34.8 Å². The zero-order chi connectivity index (χ0) is 16.6. The number of fused-ring (bicyclic) bond motifs is 1. The summed E-state index contributed by atoms with van der Waals surface area (Å²) in [6, 6.07) is 9.94. The highest BCUT2D eigenvalue weighted by Crippen LogP contribution is 2.34. The number of aryl methyl sites for hydroxylation is 1. The molecule has 3 aromatic rings. The lowest BCUT2D eigenvalue weighted by molar-refractivity contribution is 0.301. The first kappa shape index (κ1) is 16.1. The molecule has 3 rings (SSSR count). The summed E-state index contributed by atoms with van der Waals surface area (Å²) in [5.41, 5.74) is 1.73. The van der Waals surface area contributed by atoms with Crippen molar-refractivity contribution in [3.63, 3.8) is 0 Å². The molecule has 0 spiro atoms. The Morgan fingerprint density at radius 1 is 1.09 bits per heavy atom. The topological polar surface area (TPSA) is 43.6 Å². The van der Waals surface area contributed by atoms with Crippen molar-refractivity contribution < 1.29 is 4.74 Å². The average molecular weight is 370 g/mol. The molecule has 2 heterocycles. The van der Waals surface area contributed by atoms with Crippen LogP contribution in [0.1, 0.15) is 11.4 Å². The van der Waals surface area contributed by atoms with Gasteiger partial charge >= 0.3 is 0 Å². The normalized spacial score (nSPS) is 11.0. The molecule has 0 amide bonds. The van der Waals surface area contributed by atoms with E-state index in [1.165, 1.54) is 22.6 Å². The van der Waals surface area contributed by atoms with Gasteiger partial charge in [-0.3, -0.25) is 9.20 Å². The van der Waals surface area contributed by atoms with Gasteiger partial charge in [-0.25, -0.2) is 4.98 Å². The Hall–Kier alpha value is -1.75. The van der Waals surface area contributed by atoms with E-state index in [2.05, 4.69) is 4.98 Å². The van der Waals surface area contributed by atoms with Gasteiger partial charge in [-0.1, -0.05) is 40.9 Å². The highest BCUT2D eigenvalue weighted by molar-refractivity contribution is 6.43. The first-order valence-corrected chi connectivity index (χ1v) is 7.85. The number of benzene rings is 1. The molecule has 0 radical (unpaired) electrons. The summed E-state index contributed by atoms with van der Waals surface area (Å²) in [4.78, 5) is 16.6. The first-order chi connectivity index (χ1) is 11.0. The molecule has 1 aromatic carbocycles. The molecule has 0 bridgehead atoms. The van der Waals surface area contributed by atoms with E-state index in [4.69, 9.17) is 39.5 Å². The van der Waals surface area contributed by atoms with E-state index in [9.17, 15) is 4.79 Å². The molecule has 23 heavy (non-hydrogen) atoms. The van der Waals surface area contributed by atoms with E-state index in [-0.39, 0.29) is 12.2 Å². The fourth-order valence-electron chi connectivity index (χ4n) is 2.20. The summed E-state index contributed by atoms with van der Waals surface area (Å²) >= 11 is 17.9. The van der Waals surface area contributed by atoms with Crippen molar-refractivity contribution in [3.8, 4) is 5.75 Å². The zero-order valence-corrected chi connectivity index (χ0v) is 14.3. The summed E-state index contributed by atoms with van der Waals surface area (Å²) in [6.07, 6.45) is 0. The van der Waals surface area contributed by atoms with E-state index in [0.717, 1.165) is 5.69 Å². The highest BCUT2D eigenvalue weighted by atomic mass is 35.5. The second-order valence-corrected chi connectivity index (χ2v) is 6.15. The molecular weight excluding hydrogens is 359 g/mol. The van der Waals surface area contributed by atoms with Crippen LogP contribution in [0.3, 0.4) is 0 Å². The third-order valence-electron chi connectivity index (χ3n) is 3.28. The first-order valence-electron chi connectivity index (χ1n) is 6.71. The van der Waals surface area contributed by atoms with Crippen LogP contribution in [0.5, 0.6) is 5.75 Å². The van der Waals surface area contributed by atoms with Crippen LogP contribution in [-0.2, 0) is 6.61 Å². The number of rotatable bonds is 3. The molecule has 0 N–H and O–H groups in total. The number of hydrogen-bond donors (Lipinski definition) is 0. The van der Waals surface area contributed by atoms with Gasteiger partial charge in [-0.05, 0) is 25.1 Å². The molecule has 0 unspecified atom stereocenters. The van der Waals surface area contributed by atoms with Gasteiger partial charge in [0.15, 0.2) is 0 Å². The minimum Gasteiger partial charge on any atom is -0.486 e. The SMILES string of the molecule is Cc1cccc2nc(COc3cc(Cl)c(Cl)cc3Cl)cc(=O)n12. The predicted octanol–water partition coefficient (Wildman–Crippen LogP) is 4.54. The van der Waals surface area contributed by atoms with Crippen molar-refractivity contribution in [2.45, 2.75) is 13.5 Å². The largest absolute Gasteiger partial charge is 0.486 e. The number of aromatic nitrogens is 2. The van der Waals surface area contributed by atoms with Crippen molar-refractivity contribution >= 4 is 40.4 Å². The number of pyridine rings is 1. The molecule has 0 aliphatic heterocycles. The summed E-state index contributed by atoms with van der Waals surface area (Å²) in [5.74, 6) is 0.382. The van der Waals surface area contributed by atoms with Crippen LogP contribution in [0.4, 0.5) is 0 Å². The maximum atomic E-state index is 12.2. The Morgan fingerprint density at radius 2 is 1.83 bits per heavy atom. The fourth-order valence-corrected chi connectivity index (χ4v) is 2.80. The third-order valence-corrected chi connectivity index (χ3v) is 4.30. The molecule has 4 nitrogen and oxygen atoms in total. The van der Waals surface area contributed by atoms with Crippen LogP contribution in [0.2, 0.25) is 15.1 Å². The predicted molar refractivity (Wildman–Crippen MR) is 92.0 cm³/mol. The fraction of sp³-hybridized carbons (Fsp3) is 0.125. The summed E-state index contributed by atoms with van der Waals surface area (Å²) in [7, 11) is 0. The van der Waals surface area contributed by atoms with E-state index >= 15 is 0 Å². The average Bonchev–Trinajstić information content (AvgIpc) is 2.49. The molecule has 0 aliphatic carbocycles. The van der Waals surface area contributed by atoms with E-state index < -0.39 is 0 Å². The third kappa shape index (κ3) is 3.29. The molecule has 0 saturated heterocycles. The lowest BCUT2D eigenvalue weighted by Gasteiger charge is -2.10. The Kier molecular flexibility index (Phi) is 4.48. The van der Waals surface area contributed by atoms with Crippen LogP contribution < -0.4 is 10.3 Å². The second kappa shape index (κ2) is 6.40. The highest BCUT2D eigenvalue weighted by Gasteiger charge is 2.09. The monoisotopic (exact) mass is 368 g/mol. The van der Waals surface area contributed by atoms with Gasteiger partial charge in [-0.15, -0.1) is 0 Å². The Morgan fingerprint density at radius 3 is 2.61 bits per heavy atom. The Balaban J connectivity index is 1.91. The van der Waals surface area contributed by atoms with Gasteiger partial charge < -0.3 is 4.74 Å². The van der Waals surface area contributed by atoms with Crippen molar-refractivity contribution in [1.29, 1.82) is 0 Å². The van der Waals surface area contributed by atoms with Gasteiger partial charge in [-0.2, -0.15) is 0 Å². The molecule has 0 saturated carbocycles. The summed E-state index contributed by atoms with van der Waals surface area (Å²) < 4.78 is 7.14. The molecule has 0 atom stereocenters. The quantitative estimate of drug-likeness (QED) is 0.637. The molecule has 0 aliphatic rings. The number of hydrogen-bond acceptors (Lipinski definition) is 3. The number of nitrogens with zero attached hydrogens (tertiary/aromatic N) is 2. The number of halogens is 3.